The predicted octanol–water partition coefficient (Wildman–Crippen LogP) is 3.83. The molecule has 1 N–H and O–H groups in total. The normalized spacial score (nSPS) is 9.44. The fourth-order valence-corrected chi connectivity index (χ4v) is 1.76. The summed E-state index contributed by atoms with van der Waals surface area (Å²) < 4.78 is 0.977. The van der Waals surface area contributed by atoms with E-state index in [0.717, 1.165) is 15.7 Å². The lowest BCUT2D eigenvalue weighted by Crippen LogP contribution is -2.11. The fraction of sp³-hybridized carbons (Fsp3) is 0.0769. The van der Waals surface area contributed by atoms with Gasteiger partial charge in [0.05, 0.1) is 0 Å². The maximum Gasteiger partial charge on any atom is 0.255 e. The zero-order valence-electron chi connectivity index (χ0n) is 9.68. The second kappa shape index (κ2) is 6.52. The smallest absolute Gasteiger partial charge is 0.255 e. The van der Waals surface area contributed by atoms with Crippen molar-refractivity contribution in [1.29, 1.82) is 0 Å². The van der Waals surface area contributed by atoms with Crippen molar-refractivity contribution in [1.82, 2.24) is 4.98 Å². The summed E-state index contributed by atoms with van der Waals surface area (Å²) in [5, 5.41) is 2.83. The van der Waals surface area contributed by atoms with Gasteiger partial charge in [0.2, 0.25) is 0 Å². The molecule has 0 aliphatic carbocycles. The summed E-state index contributed by atoms with van der Waals surface area (Å²) in [6.07, 6.45) is 3.19. The monoisotopic (exact) mass is 326 g/mol. The Morgan fingerprint density at radius 2 is 1.89 bits per heavy atom. The molecule has 0 unspecified atom stereocenters. The molecule has 1 aromatic carbocycles. The molecule has 1 heterocycles. The highest BCUT2D eigenvalue weighted by Gasteiger charge is 2.05. The number of pyridine rings is 1. The van der Waals surface area contributed by atoms with E-state index in [4.69, 9.17) is 0 Å². The molecule has 0 radical (unpaired) electrons. The topological polar surface area (TPSA) is 42.0 Å². The average Bonchev–Trinajstić information content (AvgIpc) is 2.35. The highest BCUT2D eigenvalue weighted by atomic mass is 79.9. The number of anilines is 1. The highest BCUT2D eigenvalue weighted by molar-refractivity contribution is 9.10. The maximum atomic E-state index is 11.9. The van der Waals surface area contributed by atoms with E-state index < -0.39 is 0 Å². The van der Waals surface area contributed by atoms with E-state index in [1.807, 2.05) is 25.1 Å². The molecule has 18 heavy (non-hydrogen) atoms. The van der Waals surface area contributed by atoms with E-state index in [0.29, 0.717) is 5.56 Å². The van der Waals surface area contributed by atoms with Gasteiger partial charge in [-0.25, -0.2) is 0 Å². The molecule has 0 bridgehead atoms. The summed E-state index contributed by atoms with van der Waals surface area (Å²) in [4.78, 5) is 15.7. The van der Waals surface area contributed by atoms with Gasteiger partial charge in [-0.1, -0.05) is 22.0 Å². The molecule has 1 amide bonds. The minimum atomic E-state index is -0.136. The van der Waals surface area contributed by atoms with Crippen molar-refractivity contribution in [3.05, 3.63) is 58.3 Å². The van der Waals surface area contributed by atoms with Crippen LogP contribution in [0.25, 0.3) is 0 Å². The second-order valence-corrected chi connectivity index (χ2v) is 4.51. The molecule has 0 saturated carbocycles. The number of carbonyl (C=O) groups excluding carboxylic acids is 1. The van der Waals surface area contributed by atoms with Gasteiger partial charge in [-0.05, 0) is 36.8 Å². The van der Waals surface area contributed by atoms with Gasteiger partial charge in [-0.2, -0.15) is 0 Å². The Balaban J connectivity index is 0.00000162. The van der Waals surface area contributed by atoms with E-state index in [9.17, 15) is 4.79 Å². The Hall–Kier alpha value is -1.39. The van der Waals surface area contributed by atoms with E-state index in [2.05, 4.69) is 26.2 Å². The number of benzene rings is 1. The standard InChI is InChI=1S/C13H11BrN2O.ClH/c1-9-2-3-11(8-12(9)14)16-13(17)10-4-6-15-7-5-10;/h2-8H,1H3,(H,16,17);1H. The largest absolute Gasteiger partial charge is 0.322 e. The van der Waals surface area contributed by atoms with Crippen LogP contribution in [0.5, 0.6) is 0 Å². The van der Waals surface area contributed by atoms with Crippen molar-refractivity contribution in [2.75, 3.05) is 5.32 Å². The van der Waals surface area contributed by atoms with Crippen LogP contribution in [0, 0.1) is 6.92 Å². The quantitative estimate of drug-likeness (QED) is 0.911. The Morgan fingerprint density at radius 1 is 1.22 bits per heavy atom. The molecule has 0 saturated heterocycles. The average molecular weight is 328 g/mol. The van der Waals surface area contributed by atoms with E-state index >= 15 is 0 Å². The zero-order chi connectivity index (χ0) is 12.3. The van der Waals surface area contributed by atoms with E-state index in [1.54, 1.807) is 24.5 Å². The van der Waals surface area contributed by atoms with Gasteiger partial charge in [0.25, 0.3) is 5.91 Å². The van der Waals surface area contributed by atoms with Gasteiger partial charge in [-0.15, -0.1) is 12.4 Å². The third kappa shape index (κ3) is 3.55. The van der Waals surface area contributed by atoms with Crippen LogP contribution in [-0.2, 0) is 0 Å². The van der Waals surface area contributed by atoms with Crippen molar-refractivity contribution in [3.63, 3.8) is 0 Å². The number of carbonyl (C=O) groups is 1. The molecule has 94 valence electrons. The Bertz CT molecular complexity index is 546. The molecule has 0 aliphatic heterocycles. The zero-order valence-corrected chi connectivity index (χ0v) is 12.1. The lowest BCUT2D eigenvalue weighted by molar-refractivity contribution is 0.102. The number of hydrogen-bond acceptors (Lipinski definition) is 2. The van der Waals surface area contributed by atoms with Crippen LogP contribution in [0.2, 0.25) is 0 Å². The summed E-state index contributed by atoms with van der Waals surface area (Å²) in [5.41, 5.74) is 2.49. The van der Waals surface area contributed by atoms with Crippen molar-refractivity contribution in [2.24, 2.45) is 0 Å². The Kier molecular flexibility index (Phi) is 5.31. The van der Waals surface area contributed by atoms with Crippen LogP contribution < -0.4 is 5.32 Å². The molecular weight excluding hydrogens is 316 g/mol. The lowest BCUT2D eigenvalue weighted by atomic mass is 10.2. The molecule has 5 heteroatoms. The number of rotatable bonds is 2. The number of amides is 1. The maximum absolute atomic E-state index is 11.9. The number of nitrogens with one attached hydrogen (secondary N) is 1. The number of aromatic nitrogens is 1. The minimum absolute atomic E-state index is 0. The third-order valence-corrected chi connectivity index (χ3v) is 3.23. The van der Waals surface area contributed by atoms with Gasteiger partial charge in [0, 0.05) is 28.1 Å². The van der Waals surface area contributed by atoms with Crippen LogP contribution in [0.3, 0.4) is 0 Å². The number of aryl methyl sites for hydroxylation is 1. The fourth-order valence-electron chi connectivity index (χ4n) is 1.38. The highest BCUT2D eigenvalue weighted by Crippen LogP contribution is 2.20. The summed E-state index contributed by atoms with van der Waals surface area (Å²) in [6.45, 7) is 2.00. The van der Waals surface area contributed by atoms with E-state index in [1.165, 1.54) is 0 Å². The first-order valence-electron chi connectivity index (χ1n) is 5.14. The summed E-state index contributed by atoms with van der Waals surface area (Å²) in [5.74, 6) is -0.136. The van der Waals surface area contributed by atoms with Crippen LogP contribution >= 0.6 is 28.3 Å². The van der Waals surface area contributed by atoms with Crippen molar-refractivity contribution < 1.29 is 4.79 Å². The van der Waals surface area contributed by atoms with Gasteiger partial charge in [-0.3, -0.25) is 9.78 Å². The molecule has 0 spiro atoms. The minimum Gasteiger partial charge on any atom is -0.322 e. The van der Waals surface area contributed by atoms with Crippen LogP contribution in [0.1, 0.15) is 15.9 Å². The van der Waals surface area contributed by atoms with Gasteiger partial charge >= 0.3 is 0 Å². The van der Waals surface area contributed by atoms with Gasteiger partial charge in [0.1, 0.15) is 0 Å². The Labute approximate surface area is 120 Å². The first-order chi connectivity index (χ1) is 8.16. The second-order valence-electron chi connectivity index (χ2n) is 3.65. The van der Waals surface area contributed by atoms with Crippen molar-refractivity contribution >= 4 is 39.9 Å². The number of nitrogens with zero attached hydrogens (tertiary/aromatic N) is 1. The van der Waals surface area contributed by atoms with Crippen molar-refractivity contribution in [2.45, 2.75) is 6.92 Å². The first kappa shape index (κ1) is 14.7. The SMILES string of the molecule is Cc1ccc(NC(=O)c2ccncc2)cc1Br.Cl. The third-order valence-electron chi connectivity index (χ3n) is 2.37. The summed E-state index contributed by atoms with van der Waals surface area (Å²) >= 11 is 3.43. The van der Waals surface area contributed by atoms with E-state index in [-0.39, 0.29) is 18.3 Å². The molecule has 0 atom stereocenters. The first-order valence-corrected chi connectivity index (χ1v) is 5.93. The molecule has 0 fully saturated rings. The van der Waals surface area contributed by atoms with Gasteiger partial charge < -0.3 is 5.32 Å². The molecular formula is C13H12BrClN2O. The summed E-state index contributed by atoms with van der Waals surface area (Å²) in [6, 6.07) is 9.07. The van der Waals surface area contributed by atoms with Crippen molar-refractivity contribution in [3.8, 4) is 0 Å². The molecule has 3 nitrogen and oxygen atoms in total. The lowest BCUT2D eigenvalue weighted by Gasteiger charge is -2.06. The van der Waals surface area contributed by atoms with Crippen LogP contribution in [-0.4, -0.2) is 10.9 Å². The molecule has 0 aliphatic rings. The molecule has 2 aromatic rings. The van der Waals surface area contributed by atoms with Crippen LogP contribution in [0.15, 0.2) is 47.2 Å². The van der Waals surface area contributed by atoms with Gasteiger partial charge in [0.15, 0.2) is 0 Å². The molecule has 1 aromatic heterocycles. The predicted molar refractivity (Wildman–Crippen MR) is 78.3 cm³/mol. The number of halogens is 2. The van der Waals surface area contributed by atoms with Crippen LogP contribution in [0.4, 0.5) is 5.69 Å². The Morgan fingerprint density at radius 3 is 2.50 bits per heavy atom. The number of hydrogen-bond donors (Lipinski definition) is 1. The summed E-state index contributed by atoms with van der Waals surface area (Å²) in [7, 11) is 0. The molecule has 2 rings (SSSR count).